The second-order valence-corrected chi connectivity index (χ2v) is 10.9. The number of nitrogens with one attached hydrogen (secondary N) is 2. The molecule has 0 saturated carbocycles. The van der Waals surface area contributed by atoms with Gasteiger partial charge in [-0.25, -0.2) is 4.79 Å². The Bertz CT molecular complexity index is 1560. The number of hydrogen-bond acceptors (Lipinski definition) is 7. The molecule has 4 heterocycles. The maximum Gasteiger partial charge on any atom is 0.355 e. The van der Waals surface area contributed by atoms with Crippen LogP contribution in [0.4, 0.5) is 5.69 Å². The van der Waals surface area contributed by atoms with E-state index < -0.39 is 11.5 Å². The van der Waals surface area contributed by atoms with Crippen LogP contribution in [0.5, 0.6) is 11.5 Å². The van der Waals surface area contributed by atoms with Crippen molar-refractivity contribution in [1.82, 2.24) is 15.2 Å². The number of ether oxygens (including phenoxy) is 3. The third-order valence-corrected chi connectivity index (χ3v) is 8.41. The minimum atomic E-state index is -0.517. The number of carbonyl (C=O) groups excluding carboxylic acids is 2. The first-order valence-electron chi connectivity index (χ1n) is 14.1. The zero-order valence-electron chi connectivity index (χ0n) is 22.7. The lowest BCUT2D eigenvalue weighted by Crippen LogP contribution is -2.57. The number of fused-ring (bicyclic) bond motifs is 3. The average molecular weight is 553 g/mol. The summed E-state index contributed by atoms with van der Waals surface area (Å²) < 4.78 is 18.1. The van der Waals surface area contributed by atoms with Crippen molar-refractivity contribution in [2.75, 3.05) is 37.8 Å². The summed E-state index contributed by atoms with van der Waals surface area (Å²) in [6.45, 7) is 3.44. The summed E-state index contributed by atoms with van der Waals surface area (Å²) in [5.74, 6) is 0.988. The molecular formula is C32H32N4O5. The number of aromatic amines is 1. The first-order chi connectivity index (χ1) is 20.1. The predicted molar refractivity (Wildman–Crippen MR) is 154 cm³/mol. The monoisotopic (exact) mass is 552 g/mol. The fourth-order valence-corrected chi connectivity index (χ4v) is 6.20. The largest absolute Gasteiger partial charge is 0.486 e. The van der Waals surface area contributed by atoms with Gasteiger partial charge >= 0.3 is 5.97 Å². The van der Waals surface area contributed by atoms with Gasteiger partial charge in [-0.15, -0.1) is 0 Å². The quantitative estimate of drug-likeness (QED) is 0.348. The van der Waals surface area contributed by atoms with Crippen molar-refractivity contribution in [3.8, 4) is 11.5 Å². The summed E-state index contributed by atoms with van der Waals surface area (Å²) in [5, 5.41) is 3.86. The van der Waals surface area contributed by atoms with Crippen LogP contribution in [0.2, 0.25) is 0 Å². The van der Waals surface area contributed by atoms with Gasteiger partial charge in [0.25, 0.3) is 0 Å². The summed E-state index contributed by atoms with van der Waals surface area (Å²) >= 11 is 0. The van der Waals surface area contributed by atoms with E-state index in [1.54, 1.807) is 6.07 Å². The number of anilines is 1. The molecule has 9 heteroatoms. The fourth-order valence-electron chi connectivity index (χ4n) is 6.20. The Kier molecular flexibility index (Phi) is 6.51. The molecular weight excluding hydrogens is 520 g/mol. The molecule has 3 aliphatic heterocycles. The molecule has 1 atom stereocenters. The molecule has 3 aliphatic rings. The molecule has 0 bridgehead atoms. The number of likely N-dealkylation sites (tertiary alicyclic amines) is 1. The number of piperidine rings is 1. The lowest BCUT2D eigenvalue weighted by molar-refractivity contribution is -0.125. The highest BCUT2D eigenvalue weighted by molar-refractivity contribution is 5.98. The zero-order valence-corrected chi connectivity index (χ0v) is 22.7. The van der Waals surface area contributed by atoms with Crippen molar-refractivity contribution in [2.45, 2.75) is 31.1 Å². The normalized spacial score (nSPS) is 19.9. The number of nitrogens with zero attached hydrogens (tertiary/aromatic N) is 2. The van der Waals surface area contributed by atoms with Gasteiger partial charge in [-0.2, -0.15) is 0 Å². The van der Waals surface area contributed by atoms with Crippen LogP contribution in [0, 0.1) is 0 Å². The standard InChI is InChI=1S/C32H32N4O5/c37-30(40-19-22-7-3-1-4-8-22)27-17-25-26(34-27)11-12-28-29(25)41-24(20-39-28)18-35-15-13-32(14-16-35)31(38)33-21-36(32)23-9-5-2-6-10-23/h1-12,17,24,34H,13-16,18-21H2,(H,33,38). The molecule has 9 nitrogen and oxygen atoms in total. The number of H-pyrrole nitrogens is 1. The number of aromatic nitrogens is 1. The molecule has 2 saturated heterocycles. The van der Waals surface area contributed by atoms with Gasteiger partial charge in [-0.05, 0) is 48.7 Å². The first-order valence-corrected chi connectivity index (χ1v) is 14.1. The van der Waals surface area contributed by atoms with E-state index in [9.17, 15) is 9.59 Å². The van der Waals surface area contributed by atoms with E-state index in [1.165, 1.54) is 0 Å². The molecule has 3 aromatic carbocycles. The molecule has 210 valence electrons. The van der Waals surface area contributed by atoms with Crippen LogP contribution in [0.3, 0.4) is 0 Å². The number of benzene rings is 3. The third kappa shape index (κ3) is 4.76. The summed E-state index contributed by atoms with van der Waals surface area (Å²) in [5.41, 5.74) is 2.64. The Hall–Kier alpha value is -4.50. The van der Waals surface area contributed by atoms with Gasteiger partial charge in [0.2, 0.25) is 5.91 Å². The van der Waals surface area contributed by atoms with E-state index >= 15 is 0 Å². The molecule has 2 fully saturated rings. The van der Waals surface area contributed by atoms with Gasteiger partial charge in [0.15, 0.2) is 11.5 Å². The zero-order chi connectivity index (χ0) is 27.8. The van der Waals surface area contributed by atoms with E-state index in [4.69, 9.17) is 14.2 Å². The van der Waals surface area contributed by atoms with E-state index in [2.05, 4.69) is 32.2 Å². The summed E-state index contributed by atoms with van der Waals surface area (Å²) in [6, 6.07) is 25.3. The van der Waals surface area contributed by atoms with Crippen LogP contribution in [0.15, 0.2) is 78.9 Å². The number of rotatable bonds is 6. The van der Waals surface area contributed by atoms with Crippen LogP contribution in [-0.4, -0.2) is 66.3 Å². The average Bonchev–Trinajstić information content (AvgIpc) is 3.60. The lowest BCUT2D eigenvalue weighted by atomic mass is 9.85. The molecule has 2 N–H and O–H groups in total. The van der Waals surface area contributed by atoms with Gasteiger partial charge in [0.05, 0.1) is 12.2 Å². The molecule has 1 unspecified atom stereocenters. The Morgan fingerprint density at radius 1 is 1.00 bits per heavy atom. The fraction of sp³-hybridized carbons (Fsp3) is 0.312. The Morgan fingerprint density at radius 3 is 2.54 bits per heavy atom. The Balaban J connectivity index is 1.01. The summed E-state index contributed by atoms with van der Waals surface area (Å²) in [4.78, 5) is 33.5. The molecule has 41 heavy (non-hydrogen) atoms. The second-order valence-electron chi connectivity index (χ2n) is 10.9. The van der Waals surface area contributed by atoms with Crippen LogP contribution in [-0.2, 0) is 16.1 Å². The maximum atomic E-state index is 13.0. The number of hydrogen-bond donors (Lipinski definition) is 2. The highest BCUT2D eigenvalue weighted by Gasteiger charge is 2.50. The van der Waals surface area contributed by atoms with Gasteiger partial charge in [-0.1, -0.05) is 48.5 Å². The van der Waals surface area contributed by atoms with E-state index in [0.717, 1.165) is 48.1 Å². The summed E-state index contributed by atoms with van der Waals surface area (Å²) in [7, 11) is 0. The second kappa shape index (κ2) is 10.5. The predicted octanol–water partition coefficient (Wildman–Crippen LogP) is 4.09. The van der Waals surface area contributed by atoms with Crippen LogP contribution >= 0.6 is 0 Å². The minimum absolute atomic E-state index is 0.111. The van der Waals surface area contributed by atoms with Crippen LogP contribution < -0.4 is 19.7 Å². The topological polar surface area (TPSA) is 96.1 Å². The van der Waals surface area contributed by atoms with Gasteiger partial charge in [-0.3, -0.25) is 9.69 Å². The van der Waals surface area contributed by atoms with E-state index in [0.29, 0.717) is 37.0 Å². The molecule has 0 radical (unpaired) electrons. The van der Waals surface area contributed by atoms with Gasteiger partial charge in [0.1, 0.15) is 30.6 Å². The number of para-hydroxylation sites is 1. The van der Waals surface area contributed by atoms with Gasteiger partial charge in [0, 0.05) is 30.7 Å². The van der Waals surface area contributed by atoms with Gasteiger partial charge < -0.3 is 29.4 Å². The highest BCUT2D eigenvalue weighted by atomic mass is 16.6. The minimum Gasteiger partial charge on any atom is -0.486 e. The molecule has 0 aliphatic carbocycles. The van der Waals surface area contributed by atoms with Crippen molar-refractivity contribution < 1.29 is 23.8 Å². The molecule has 7 rings (SSSR count). The summed E-state index contributed by atoms with van der Waals surface area (Å²) in [6.07, 6.45) is 1.32. The van der Waals surface area contributed by atoms with Crippen molar-refractivity contribution in [2.24, 2.45) is 0 Å². The molecule has 4 aromatic rings. The van der Waals surface area contributed by atoms with Crippen molar-refractivity contribution in [3.63, 3.8) is 0 Å². The first kappa shape index (κ1) is 25.5. The third-order valence-electron chi connectivity index (χ3n) is 8.41. The lowest BCUT2D eigenvalue weighted by Gasteiger charge is -2.44. The van der Waals surface area contributed by atoms with E-state index in [1.807, 2.05) is 60.7 Å². The van der Waals surface area contributed by atoms with Crippen molar-refractivity contribution in [1.29, 1.82) is 0 Å². The molecule has 1 aromatic heterocycles. The van der Waals surface area contributed by atoms with Crippen LogP contribution in [0.25, 0.3) is 10.9 Å². The SMILES string of the molecule is O=C(OCc1ccccc1)c1cc2c3c(ccc2[nH]1)OCC(CN1CCC2(CC1)C(=O)NCN2c1ccccc1)O3. The maximum absolute atomic E-state index is 13.0. The Labute approximate surface area is 238 Å². The Morgan fingerprint density at radius 2 is 1.76 bits per heavy atom. The molecule has 1 amide bonds. The molecule has 1 spiro atoms. The number of esters is 1. The van der Waals surface area contributed by atoms with Crippen LogP contribution in [0.1, 0.15) is 28.9 Å². The van der Waals surface area contributed by atoms with Crippen molar-refractivity contribution >= 4 is 28.5 Å². The smallest absolute Gasteiger partial charge is 0.355 e. The number of carbonyl (C=O) groups is 2. The highest BCUT2D eigenvalue weighted by Crippen LogP contribution is 2.40. The number of amides is 1. The van der Waals surface area contributed by atoms with Crippen molar-refractivity contribution in [3.05, 3.63) is 90.1 Å². The van der Waals surface area contributed by atoms with E-state index in [-0.39, 0.29) is 18.6 Å².